The van der Waals surface area contributed by atoms with Crippen molar-refractivity contribution >= 4 is 24.2 Å². The summed E-state index contributed by atoms with van der Waals surface area (Å²) in [5.74, 6) is -1.51. The molecule has 2 amide bonds. The number of alkyl halides is 3. The summed E-state index contributed by atoms with van der Waals surface area (Å²) in [5, 5.41) is 4.92. The highest BCUT2D eigenvalue weighted by atomic mass is 35.5. The van der Waals surface area contributed by atoms with Crippen molar-refractivity contribution < 1.29 is 22.8 Å². The second kappa shape index (κ2) is 7.46. The number of halogens is 4. The Hall–Kier alpha value is -1.80. The van der Waals surface area contributed by atoms with E-state index in [9.17, 15) is 22.8 Å². The van der Waals surface area contributed by atoms with Gasteiger partial charge in [-0.2, -0.15) is 13.2 Å². The molecule has 1 aromatic carbocycles. The number of rotatable bonds is 5. The molecule has 1 unspecified atom stereocenters. The van der Waals surface area contributed by atoms with Crippen LogP contribution in [0.2, 0.25) is 0 Å². The molecule has 0 aliphatic heterocycles. The Bertz CT molecular complexity index is 552. The largest absolute Gasteiger partial charge is 0.416 e. The summed E-state index contributed by atoms with van der Waals surface area (Å²) >= 11 is 0. The molecule has 0 saturated heterocycles. The van der Waals surface area contributed by atoms with Crippen molar-refractivity contribution in [2.45, 2.75) is 18.6 Å². The molecule has 0 bridgehead atoms. The fourth-order valence-electron chi connectivity index (χ4n) is 1.77. The lowest BCUT2D eigenvalue weighted by molar-refractivity contribution is -0.138. The number of benzene rings is 1. The van der Waals surface area contributed by atoms with E-state index < -0.39 is 29.1 Å². The number of carbonyl (C=O) groups is 2. The maximum absolute atomic E-state index is 12.7. The Morgan fingerprint density at radius 2 is 1.77 bits per heavy atom. The maximum atomic E-state index is 12.7. The van der Waals surface area contributed by atoms with Crippen molar-refractivity contribution in [2.75, 3.05) is 13.6 Å². The number of amides is 2. The minimum Gasteiger partial charge on any atom is -0.367 e. The van der Waals surface area contributed by atoms with E-state index in [-0.39, 0.29) is 24.5 Å². The van der Waals surface area contributed by atoms with Crippen LogP contribution in [0.3, 0.4) is 0 Å². The van der Waals surface area contributed by atoms with Crippen molar-refractivity contribution in [1.29, 1.82) is 0 Å². The van der Waals surface area contributed by atoms with Gasteiger partial charge < -0.3 is 16.4 Å². The van der Waals surface area contributed by atoms with E-state index in [1.54, 1.807) is 0 Å². The van der Waals surface area contributed by atoms with E-state index >= 15 is 0 Å². The molecule has 0 heterocycles. The van der Waals surface area contributed by atoms with Gasteiger partial charge in [-0.25, -0.2) is 0 Å². The Morgan fingerprint density at radius 1 is 1.23 bits per heavy atom. The van der Waals surface area contributed by atoms with Crippen LogP contribution in [0.5, 0.6) is 0 Å². The molecule has 22 heavy (non-hydrogen) atoms. The Kier molecular flexibility index (Phi) is 6.85. The standard InChI is InChI=1S/C13H16F3N3O2.ClH/c1-12(11(17)21,19-10(20)7-18-2)8-4-3-5-9(6-8)13(14,15)16;/h3-6,18H,7H2,1-2H3,(H2,17,21)(H,19,20);1H. The van der Waals surface area contributed by atoms with Crippen molar-refractivity contribution in [3.63, 3.8) is 0 Å². The molecular weight excluding hydrogens is 323 g/mol. The second-order valence-electron chi connectivity index (χ2n) is 4.65. The molecule has 0 aliphatic carbocycles. The highest BCUT2D eigenvalue weighted by molar-refractivity contribution is 5.91. The molecule has 0 aromatic heterocycles. The maximum Gasteiger partial charge on any atom is 0.416 e. The third-order valence-corrected chi connectivity index (χ3v) is 2.99. The molecule has 9 heteroatoms. The van der Waals surface area contributed by atoms with Gasteiger partial charge in [-0.3, -0.25) is 9.59 Å². The van der Waals surface area contributed by atoms with Crippen molar-refractivity contribution in [1.82, 2.24) is 10.6 Å². The van der Waals surface area contributed by atoms with Gasteiger partial charge in [0.2, 0.25) is 11.8 Å². The van der Waals surface area contributed by atoms with Crippen LogP contribution in [0, 0.1) is 0 Å². The summed E-state index contributed by atoms with van der Waals surface area (Å²) in [7, 11) is 1.52. The van der Waals surface area contributed by atoms with Gasteiger partial charge in [-0.1, -0.05) is 12.1 Å². The summed E-state index contributed by atoms with van der Waals surface area (Å²) in [6, 6.07) is 4.13. The van der Waals surface area contributed by atoms with Gasteiger partial charge in [0.15, 0.2) is 0 Å². The zero-order valence-electron chi connectivity index (χ0n) is 12.0. The number of nitrogens with one attached hydrogen (secondary N) is 2. The van der Waals surface area contributed by atoms with E-state index in [0.717, 1.165) is 18.2 Å². The quantitative estimate of drug-likeness (QED) is 0.752. The average Bonchev–Trinajstić information content (AvgIpc) is 2.37. The number of primary amides is 1. The van der Waals surface area contributed by atoms with E-state index in [4.69, 9.17) is 5.73 Å². The molecule has 0 aliphatic rings. The zero-order valence-corrected chi connectivity index (χ0v) is 12.8. The SMILES string of the molecule is CNCC(=O)NC(C)(C(N)=O)c1cccc(C(F)(F)F)c1.Cl. The van der Waals surface area contributed by atoms with Crippen LogP contribution in [0.1, 0.15) is 18.1 Å². The van der Waals surface area contributed by atoms with Gasteiger partial charge in [0.25, 0.3) is 0 Å². The fourth-order valence-corrected chi connectivity index (χ4v) is 1.77. The lowest BCUT2D eigenvalue weighted by Crippen LogP contribution is -2.54. The van der Waals surface area contributed by atoms with Crippen LogP contribution < -0.4 is 16.4 Å². The first-order valence-electron chi connectivity index (χ1n) is 6.04. The molecule has 0 spiro atoms. The van der Waals surface area contributed by atoms with Crippen LogP contribution in [-0.2, 0) is 21.3 Å². The van der Waals surface area contributed by atoms with Gasteiger partial charge in [0.05, 0.1) is 12.1 Å². The van der Waals surface area contributed by atoms with Gasteiger partial charge in [0, 0.05) is 0 Å². The number of nitrogens with two attached hydrogens (primary N) is 1. The predicted octanol–water partition coefficient (Wildman–Crippen LogP) is 1.16. The smallest absolute Gasteiger partial charge is 0.367 e. The molecular formula is C13H17ClF3N3O2. The first kappa shape index (κ1) is 20.2. The normalized spacial score (nSPS) is 13.7. The molecule has 1 aromatic rings. The first-order chi connectivity index (χ1) is 9.61. The first-order valence-corrected chi connectivity index (χ1v) is 6.04. The summed E-state index contributed by atoms with van der Waals surface area (Å²) in [4.78, 5) is 23.2. The molecule has 0 fully saturated rings. The van der Waals surface area contributed by atoms with Crippen molar-refractivity contribution in [3.05, 3.63) is 35.4 Å². The molecule has 1 atom stereocenters. The van der Waals surface area contributed by atoms with Gasteiger partial charge in [-0.05, 0) is 31.7 Å². The van der Waals surface area contributed by atoms with Crippen molar-refractivity contribution in [2.24, 2.45) is 5.73 Å². The lowest BCUT2D eigenvalue weighted by atomic mass is 9.89. The Morgan fingerprint density at radius 3 is 2.23 bits per heavy atom. The Balaban J connectivity index is 0.00000441. The average molecular weight is 340 g/mol. The second-order valence-corrected chi connectivity index (χ2v) is 4.65. The number of hydrogen-bond acceptors (Lipinski definition) is 3. The van der Waals surface area contributed by atoms with Crippen LogP contribution in [0.15, 0.2) is 24.3 Å². The molecule has 1 rings (SSSR count). The van der Waals surface area contributed by atoms with Crippen LogP contribution in [0.4, 0.5) is 13.2 Å². The summed E-state index contributed by atoms with van der Waals surface area (Å²) in [5.41, 5.74) is 2.57. The highest BCUT2D eigenvalue weighted by Gasteiger charge is 2.37. The molecule has 5 nitrogen and oxygen atoms in total. The Labute approximate surface area is 131 Å². The number of hydrogen-bond donors (Lipinski definition) is 3. The molecule has 0 saturated carbocycles. The fraction of sp³-hybridized carbons (Fsp3) is 0.385. The van der Waals surface area contributed by atoms with E-state index in [0.29, 0.717) is 0 Å². The van der Waals surface area contributed by atoms with E-state index in [2.05, 4.69) is 10.6 Å². The van der Waals surface area contributed by atoms with Crippen LogP contribution in [-0.4, -0.2) is 25.4 Å². The monoisotopic (exact) mass is 339 g/mol. The summed E-state index contributed by atoms with van der Waals surface area (Å²) < 4.78 is 38.2. The van der Waals surface area contributed by atoms with Crippen LogP contribution in [0.25, 0.3) is 0 Å². The molecule has 0 radical (unpaired) electrons. The number of likely N-dealkylation sites (N-methyl/N-ethyl adjacent to an activating group) is 1. The van der Waals surface area contributed by atoms with Gasteiger partial charge in [0.1, 0.15) is 5.54 Å². The third kappa shape index (κ3) is 4.60. The predicted molar refractivity (Wildman–Crippen MR) is 77.3 cm³/mol. The van der Waals surface area contributed by atoms with Crippen LogP contribution >= 0.6 is 12.4 Å². The topological polar surface area (TPSA) is 84.2 Å². The highest BCUT2D eigenvalue weighted by Crippen LogP contribution is 2.32. The number of carbonyl (C=O) groups excluding carboxylic acids is 2. The van der Waals surface area contributed by atoms with Gasteiger partial charge >= 0.3 is 6.18 Å². The lowest BCUT2D eigenvalue weighted by Gasteiger charge is -2.28. The van der Waals surface area contributed by atoms with E-state index in [1.165, 1.54) is 20.0 Å². The molecule has 124 valence electrons. The molecule has 4 N–H and O–H groups in total. The van der Waals surface area contributed by atoms with Gasteiger partial charge in [-0.15, -0.1) is 12.4 Å². The zero-order chi connectivity index (χ0) is 16.3. The van der Waals surface area contributed by atoms with E-state index in [1.807, 2.05) is 0 Å². The summed E-state index contributed by atoms with van der Waals surface area (Å²) in [6.45, 7) is 1.17. The third-order valence-electron chi connectivity index (χ3n) is 2.99. The minimum atomic E-state index is -4.55. The van der Waals surface area contributed by atoms with Crippen molar-refractivity contribution in [3.8, 4) is 0 Å². The summed E-state index contributed by atoms with van der Waals surface area (Å²) in [6.07, 6.45) is -4.55. The minimum absolute atomic E-state index is 0.